The molecule has 1 rings (SSSR count). The Balaban J connectivity index is 2.61. The topological polar surface area (TPSA) is 23.5 Å². The maximum Gasteiger partial charge on any atom is 0.0499 e. The summed E-state index contributed by atoms with van der Waals surface area (Å²) >= 11 is 0. The number of likely N-dealkylation sites (tertiary alicyclic amines) is 1. The third kappa shape index (κ3) is 3.96. The molecule has 1 heterocycles. The summed E-state index contributed by atoms with van der Waals surface area (Å²) in [6, 6.07) is 0.776. The molecule has 0 aromatic rings. The molecule has 0 bridgehead atoms. The van der Waals surface area contributed by atoms with E-state index in [0.29, 0.717) is 6.61 Å². The van der Waals surface area contributed by atoms with E-state index in [-0.39, 0.29) is 5.41 Å². The smallest absolute Gasteiger partial charge is 0.0499 e. The largest absolute Gasteiger partial charge is 0.396 e. The summed E-state index contributed by atoms with van der Waals surface area (Å²) in [5.41, 5.74) is 0.142. The molecule has 0 aromatic heterocycles. The summed E-state index contributed by atoms with van der Waals surface area (Å²) in [7, 11) is 0. The van der Waals surface area contributed by atoms with E-state index in [4.69, 9.17) is 0 Å². The molecule has 1 N–H and O–H groups in total. The standard InChI is InChI=1S/C15H31NO/c1-4-9-14-10-7-8-11-16(14)12-15(5-2,6-3)13-17/h14,17H,4-13H2,1-3H3. The third-order valence-corrected chi connectivity index (χ3v) is 4.74. The first kappa shape index (κ1) is 15.0. The molecule has 2 nitrogen and oxygen atoms in total. The van der Waals surface area contributed by atoms with E-state index in [1.54, 1.807) is 0 Å². The van der Waals surface area contributed by atoms with Crippen LogP contribution in [0.1, 0.15) is 65.7 Å². The van der Waals surface area contributed by atoms with Crippen LogP contribution < -0.4 is 0 Å². The number of hydrogen-bond donors (Lipinski definition) is 1. The first-order valence-electron chi connectivity index (χ1n) is 7.56. The molecule has 1 saturated heterocycles. The van der Waals surface area contributed by atoms with Gasteiger partial charge in [0, 0.05) is 24.6 Å². The van der Waals surface area contributed by atoms with Crippen molar-refractivity contribution in [2.45, 2.75) is 71.8 Å². The highest BCUT2D eigenvalue weighted by atomic mass is 16.3. The van der Waals surface area contributed by atoms with Gasteiger partial charge in [-0.2, -0.15) is 0 Å². The van der Waals surface area contributed by atoms with Crippen molar-refractivity contribution in [2.75, 3.05) is 19.7 Å². The molecule has 0 radical (unpaired) electrons. The fourth-order valence-corrected chi connectivity index (χ4v) is 3.11. The first-order valence-corrected chi connectivity index (χ1v) is 7.56. The van der Waals surface area contributed by atoms with Crippen LogP contribution in [0.5, 0.6) is 0 Å². The van der Waals surface area contributed by atoms with Crippen LogP contribution in [0.3, 0.4) is 0 Å². The average molecular weight is 241 g/mol. The van der Waals surface area contributed by atoms with Gasteiger partial charge >= 0.3 is 0 Å². The highest BCUT2D eigenvalue weighted by molar-refractivity contribution is 4.85. The Labute approximate surface area is 107 Å². The van der Waals surface area contributed by atoms with E-state index in [0.717, 1.165) is 25.4 Å². The lowest BCUT2D eigenvalue weighted by molar-refractivity contribution is 0.0306. The van der Waals surface area contributed by atoms with Gasteiger partial charge in [0.05, 0.1) is 0 Å². The summed E-state index contributed by atoms with van der Waals surface area (Å²) in [6.07, 6.45) is 8.90. The van der Waals surface area contributed by atoms with E-state index in [2.05, 4.69) is 25.7 Å². The van der Waals surface area contributed by atoms with E-state index in [1.165, 1.54) is 38.6 Å². The van der Waals surface area contributed by atoms with E-state index in [1.807, 2.05) is 0 Å². The first-order chi connectivity index (χ1) is 8.21. The van der Waals surface area contributed by atoms with Crippen molar-refractivity contribution in [2.24, 2.45) is 5.41 Å². The predicted octanol–water partition coefficient (Wildman–Crippen LogP) is 3.44. The minimum absolute atomic E-state index is 0.142. The predicted molar refractivity (Wildman–Crippen MR) is 74.2 cm³/mol. The van der Waals surface area contributed by atoms with E-state index < -0.39 is 0 Å². The van der Waals surface area contributed by atoms with Crippen LogP contribution in [-0.4, -0.2) is 35.7 Å². The summed E-state index contributed by atoms with van der Waals surface area (Å²) in [6.45, 7) is 9.41. The normalized spacial score (nSPS) is 22.9. The lowest BCUT2D eigenvalue weighted by atomic mass is 9.81. The van der Waals surface area contributed by atoms with Crippen LogP contribution in [0.15, 0.2) is 0 Å². The Bertz CT molecular complexity index is 191. The zero-order chi connectivity index (χ0) is 12.7. The molecule has 1 fully saturated rings. The maximum atomic E-state index is 9.70. The second kappa shape index (κ2) is 7.38. The summed E-state index contributed by atoms with van der Waals surface area (Å²) < 4.78 is 0. The van der Waals surface area contributed by atoms with Crippen LogP contribution in [0.25, 0.3) is 0 Å². The quantitative estimate of drug-likeness (QED) is 0.738. The number of piperidine rings is 1. The lowest BCUT2D eigenvalue weighted by Gasteiger charge is -2.42. The van der Waals surface area contributed by atoms with Crippen molar-refractivity contribution < 1.29 is 5.11 Å². The van der Waals surface area contributed by atoms with Crippen LogP contribution in [0.4, 0.5) is 0 Å². The molecule has 0 saturated carbocycles. The van der Waals surface area contributed by atoms with Gasteiger partial charge in [-0.15, -0.1) is 0 Å². The zero-order valence-corrected chi connectivity index (χ0v) is 12.0. The molecule has 1 aliphatic heterocycles. The minimum atomic E-state index is 0.142. The van der Waals surface area contributed by atoms with E-state index in [9.17, 15) is 5.11 Å². The maximum absolute atomic E-state index is 9.70. The molecular weight excluding hydrogens is 210 g/mol. The number of aliphatic hydroxyl groups excluding tert-OH is 1. The van der Waals surface area contributed by atoms with Gasteiger partial charge in [-0.3, -0.25) is 4.90 Å². The average Bonchev–Trinajstić information content (AvgIpc) is 2.38. The summed E-state index contributed by atoms with van der Waals surface area (Å²) in [5.74, 6) is 0. The van der Waals surface area contributed by atoms with Crippen molar-refractivity contribution in [3.63, 3.8) is 0 Å². The number of nitrogens with zero attached hydrogens (tertiary/aromatic N) is 1. The van der Waals surface area contributed by atoms with Gasteiger partial charge in [-0.1, -0.05) is 33.6 Å². The third-order valence-electron chi connectivity index (χ3n) is 4.74. The van der Waals surface area contributed by atoms with Crippen molar-refractivity contribution in [3.8, 4) is 0 Å². The van der Waals surface area contributed by atoms with Crippen LogP contribution in [-0.2, 0) is 0 Å². The van der Waals surface area contributed by atoms with Gasteiger partial charge in [0.25, 0.3) is 0 Å². The fraction of sp³-hybridized carbons (Fsp3) is 1.00. The van der Waals surface area contributed by atoms with Crippen molar-refractivity contribution in [1.82, 2.24) is 4.90 Å². The van der Waals surface area contributed by atoms with Gasteiger partial charge in [-0.25, -0.2) is 0 Å². The monoisotopic (exact) mass is 241 g/mol. The second-order valence-electron chi connectivity index (χ2n) is 5.77. The summed E-state index contributed by atoms with van der Waals surface area (Å²) in [5, 5.41) is 9.70. The molecule has 1 atom stereocenters. The van der Waals surface area contributed by atoms with Crippen LogP contribution >= 0.6 is 0 Å². The van der Waals surface area contributed by atoms with Crippen LogP contribution in [0.2, 0.25) is 0 Å². The molecule has 2 heteroatoms. The number of aliphatic hydroxyl groups is 1. The van der Waals surface area contributed by atoms with Crippen molar-refractivity contribution in [1.29, 1.82) is 0 Å². The number of rotatable bonds is 7. The Morgan fingerprint density at radius 3 is 2.41 bits per heavy atom. The fourth-order valence-electron chi connectivity index (χ4n) is 3.11. The van der Waals surface area contributed by atoms with Crippen molar-refractivity contribution >= 4 is 0 Å². The molecule has 17 heavy (non-hydrogen) atoms. The van der Waals surface area contributed by atoms with Gasteiger partial charge in [0.2, 0.25) is 0 Å². The molecular formula is C15H31NO. The van der Waals surface area contributed by atoms with Gasteiger partial charge < -0.3 is 5.11 Å². The van der Waals surface area contributed by atoms with Gasteiger partial charge in [0.15, 0.2) is 0 Å². The molecule has 0 amide bonds. The van der Waals surface area contributed by atoms with Crippen molar-refractivity contribution in [3.05, 3.63) is 0 Å². The molecule has 0 spiro atoms. The van der Waals surface area contributed by atoms with Gasteiger partial charge in [-0.05, 0) is 38.6 Å². The van der Waals surface area contributed by atoms with E-state index >= 15 is 0 Å². The Morgan fingerprint density at radius 2 is 1.88 bits per heavy atom. The molecule has 102 valence electrons. The lowest BCUT2D eigenvalue weighted by Crippen LogP contribution is -2.47. The Kier molecular flexibility index (Phi) is 6.50. The highest BCUT2D eigenvalue weighted by Gasteiger charge is 2.31. The van der Waals surface area contributed by atoms with Crippen LogP contribution in [0, 0.1) is 5.41 Å². The molecule has 0 aromatic carbocycles. The Morgan fingerprint density at radius 1 is 1.18 bits per heavy atom. The minimum Gasteiger partial charge on any atom is -0.396 e. The Hall–Kier alpha value is -0.0800. The summed E-state index contributed by atoms with van der Waals surface area (Å²) in [4.78, 5) is 2.66. The molecule has 0 aliphatic carbocycles. The SMILES string of the molecule is CCCC1CCCCN1CC(CC)(CC)CO. The zero-order valence-electron chi connectivity index (χ0n) is 12.0. The number of hydrogen-bond acceptors (Lipinski definition) is 2. The molecule has 1 unspecified atom stereocenters. The highest BCUT2D eigenvalue weighted by Crippen LogP contribution is 2.31. The second-order valence-corrected chi connectivity index (χ2v) is 5.77. The van der Waals surface area contributed by atoms with Gasteiger partial charge in [0.1, 0.15) is 0 Å². The molecule has 1 aliphatic rings.